The first-order chi connectivity index (χ1) is 10.3. The van der Waals surface area contributed by atoms with E-state index in [4.69, 9.17) is 4.74 Å². The summed E-state index contributed by atoms with van der Waals surface area (Å²) in [5.74, 6) is 0.370. The summed E-state index contributed by atoms with van der Waals surface area (Å²) in [4.78, 5) is 14.0. The van der Waals surface area contributed by atoms with E-state index < -0.39 is 0 Å². The highest BCUT2D eigenvalue weighted by Gasteiger charge is 2.35. The molecule has 0 amide bonds. The second kappa shape index (κ2) is 5.90. The van der Waals surface area contributed by atoms with Gasteiger partial charge in [-0.25, -0.2) is 4.79 Å². The van der Waals surface area contributed by atoms with Crippen molar-refractivity contribution in [3.8, 4) is 5.69 Å². The number of aromatic nitrogens is 4. The van der Waals surface area contributed by atoms with Crippen LogP contribution in [0, 0.1) is 0 Å². The van der Waals surface area contributed by atoms with E-state index in [2.05, 4.69) is 15.5 Å². The molecule has 0 aliphatic carbocycles. The number of tetrazole rings is 1. The van der Waals surface area contributed by atoms with E-state index in [0.29, 0.717) is 12.6 Å². The highest BCUT2D eigenvalue weighted by Crippen LogP contribution is 2.25. The van der Waals surface area contributed by atoms with Crippen LogP contribution in [0.15, 0.2) is 30.3 Å². The Morgan fingerprint density at radius 1 is 1.38 bits per heavy atom. The van der Waals surface area contributed by atoms with Crippen LogP contribution in [0.5, 0.6) is 0 Å². The SMILES string of the molecule is CCOC(=O)C1CCCN1c1nnnn1-c1ccccc1. The van der Waals surface area contributed by atoms with Gasteiger partial charge in [-0.3, -0.25) is 0 Å². The number of hydrogen-bond donors (Lipinski definition) is 0. The van der Waals surface area contributed by atoms with Crippen molar-refractivity contribution in [1.29, 1.82) is 0 Å². The summed E-state index contributed by atoms with van der Waals surface area (Å²) in [6, 6.07) is 9.33. The summed E-state index contributed by atoms with van der Waals surface area (Å²) in [5, 5.41) is 11.9. The summed E-state index contributed by atoms with van der Waals surface area (Å²) in [6.07, 6.45) is 1.69. The van der Waals surface area contributed by atoms with Gasteiger partial charge in [0, 0.05) is 6.54 Å². The summed E-state index contributed by atoms with van der Waals surface area (Å²) >= 11 is 0. The number of esters is 1. The van der Waals surface area contributed by atoms with Crippen molar-refractivity contribution in [2.45, 2.75) is 25.8 Å². The van der Waals surface area contributed by atoms with Crippen molar-refractivity contribution in [3.05, 3.63) is 30.3 Å². The van der Waals surface area contributed by atoms with Gasteiger partial charge in [0.05, 0.1) is 12.3 Å². The Balaban J connectivity index is 1.91. The number of ether oxygens (including phenoxy) is 1. The van der Waals surface area contributed by atoms with Gasteiger partial charge in [-0.15, -0.1) is 0 Å². The van der Waals surface area contributed by atoms with Crippen molar-refractivity contribution >= 4 is 11.9 Å². The molecule has 1 aliphatic heterocycles. The molecule has 0 spiro atoms. The molecule has 2 aromatic rings. The van der Waals surface area contributed by atoms with Crippen LogP contribution >= 0.6 is 0 Å². The first-order valence-corrected chi connectivity index (χ1v) is 7.08. The molecular formula is C14H17N5O2. The third-order valence-corrected chi connectivity index (χ3v) is 3.52. The van der Waals surface area contributed by atoms with Crippen molar-refractivity contribution < 1.29 is 9.53 Å². The van der Waals surface area contributed by atoms with E-state index in [-0.39, 0.29) is 12.0 Å². The minimum absolute atomic E-state index is 0.211. The number of anilines is 1. The lowest BCUT2D eigenvalue weighted by Crippen LogP contribution is -2.39. The Kier molecular flexibility index (Phi) is 3.81. The van der Waals surface area contributed by atoms with Gasteiger partial charge in [-0.1, -0.05) is 23.3 Å². The lowest BCUT2D eigenvalue weighted by atomic mass is 10.2. The number of carbonyl (C=O) groups is 1. The summed E-state index contributed by atoms with van der Waals surface area (Å²) in [5.41, 5.74) is 0.868. The Labute approximate surface area is 122 Å². The zero-order valence-corrected chi connectivity index (χ0v) is 11.8. The fourth-order valence-corrected chi connectivity index (χ4v) is 2.59. The molecule has 0 bridgehead atoms. The summed E-state index contributed by atoms with van der Waals surface area (Å²) < 4.78 is 6.79. The predicted molar refractivity (Wildman–Crippen MR) is 76.2 cm³/mol. The van der Waals surface area contributed by atoms with Crippen molar-refractivity contribution in [1.82, 2.24) is 20.2 Å². The number of nitrogens with zero attached hydrogens (tertiary/aromatic N) is 5. The van der Waals surface area contributed by atoms with E-state index in [9.17, 15) is 4.79 Å². The average Bonchev–Trinajstić information content (AvgIpc) is 3.17. The number of hydrogen-bond acceptors (Lipinski definition) is 6. The molecule has 21 heavy (non-hydrogen) atoms. The highest BCUT2D eigenvalue weighted by atomic mass is 16.5. The lowest BCUT2D eigenvalue weighted by Gasteiger charge is -2.23. The molecular weight excluding hydrogens is 270 g/mol. The Morgan fingerprint density at radius 2 is 2.19 bits per heavy atom. The van der Waals surface area contributed by atoms with Crippen LogP contribution in [-0.2, 0) is 9.53 Å². The van der Waals surface area contributed by atoms with Crippen LogP contribution in [0.25, 0.3) is 5.69 Å². The molecule has 1 aliphatic rings. The molecule has 1 aromatic carbocycles. The van der Waals surface area contributed by atoms with Gasteiger partial charge in [0.2, 0.25) is 0 Å². The summed E-state index contributed by atoms with van der Waals surface area (Å²) in [7, 11) is 0. The van der Waals surface area contributed by atoms with Gasteiger partial charge in [-0.2, -0.15) is 4.68 Å². The molecule has 1 unspecified atom stereocenters. The zero-order valence-electron chi connectivity index (χ0n) is 11.8. The van der Waals surface area contributed by atoms with Crippen molar-refractivity contribution in [3.63, 3.8) is 0 Å². The van der Waals surface area contributed by atoms with Gasteiger partial charge in [0.1, 0.15) is 6.04 Å². The highest BCUT2D eigenvalue weighted by molar-refractivity contribution is 5.80. The minimum Gasteiger partial charge on any atom is -0.464 e. The van der Waals surface area contributed by atoms with Crippen LogP contribution in [0.4, 0.5) is 5.95 Å². The molecule has 0 radical (unpaired) electrons. The number of carbonyl (C=O) groups excluding carboxylic acids is 1. The van der Waals surface area contributed by atoms with Crippen LogP contribution < -0.4 is 4.90 Å². The molecule has 0 N–H and O–H groups in total. The monoisotopic (exact) mass is 287 g/mol. The molecule has 1 atom stereocenters. The number of rotatable bonds is 4. The fourth-order valence-electron chi connectivity index (χ4n) is 2.59. The molecule has 7 heteroatoms. The van der Waals surface area contributed by atoms with Crippen LogP contribution in [-0.4, -0.2) is 45.4 Å². The Bertz CT molecular complexity index is 613. The molecule has 110 valence electrons. The maximum absolute atomic E-state index is 12.1. The van der Waals surface area contributed by atoms with E-state index in [1.807, 2.05) is 42.2 Å². The fraction of sp³-hybridized carbons (Fsp3) is 0.429. The maximum atomic E-state index is 12.1. The van der Waals surface area contributed by atoms with E-state index in [0.717, 1.165) is 25.1 Å². The molecule has 2 heterocycles. The third-order valence-electron chi connectivity index (χ3n) is 3.52. The second-order valence-electron chi connectivity index (χ2n) is 4.83. The van der Waals surface area contributed by atoms with E-state index >= 15 is 0 Å². The van der Waals surface area contributed by atoms with Gasteiger partial charge < -0.3 is 9.64 Å². The van der Waals surface area contributed by atoms with Gasteiger partial charge in [0.25, 0.3) is 5.95 Å². The van der Waals surface area contributed by atoms with Crippen LogP contribution in [0.3, 0.4) is 0 Å². The van der Waals surface area contributed by atoms with Gasteiger partial charge in [-0.05, 0) is 42.3 Å². The molecule has 1 aromatic heterocycles. The second-order valence-corrected chi connectivity index (χ2v) is 4.83. The van der Waals surface area contributed by atoms with Crippen LogP contribution in [0.1, 0.15) is 19.8 Å². The minimum atomic E-state index is -0.307. The summed E-state index contributed by atoms with van der Waals surface area (Å²) in [6.45, 7) is 2.94. The largest absolute Gasteiger partial charge is 0.464 e. The molecule has 7 nitrogen and oxygen atoms in total. The van der Waals surface area contributed by atoms with Gasteiger partial charge in [0.15, 0.2) is 0 Å². The predicted octanol–water partition coefficient (Wildman–Crippen LogP) is 1.19. The van der Waals surface area contributed by atoms with Crippen molar-refractivity contribution in [2.24, 2.45) is 0 Å². The van der Waals surface area contributed by atoms with Crippen molar-refractivity contribution in [2.75, 3.05) is 18.1 Å². The maximum Gasteiger partial charge on any atom is 0.328 e. The Hall–Kier alpha value is -2.44. The normalized spacial score (nSPS) is 18.0. The topological polar surface area (TPSA) is 73.1 Å². The zero-order chi connectivity index (χ0) is 14.7. The molecule has 1 saturated heterocycles. The molecule has 0 saturated carbocycles. The molecule has 1 fully saturated rings. The lowest BCUT2D eigenvalue weighted by molar-refractivity contribution is -0.144. The van der Waals surface area contributed by atoms with Gasteiger partial charge >= 0.3 is 5.97 Å². The number of benzene rings is 1. The van der Waals surface area contributed by atoms with E-state index in [1.54, 1.807) is 4.68 Å². The number of para-hydroxylation sites is 1. The first kappa shape index (κ1) is 13.5. The average molecular weight is 287 g/mol. The van der Waals surface area contributed by atoms with E-state index in [1.165, 1.54) is 0 Å². The first-order valence-electron chi connectivity index (χ1n) is 7.08. The Morgan fingerprint density at radius 3 is 2.95 bits per heavy atom. The van der Waals surface area contributed by atoms with Crippen LogP contribution in [0.2, 0.25) is 0 Å². The smallest absolute Gasteiger partial charge is 0.328 e. The molecule has 3 rings (SSSR count). The third kappa shape index (κ3) is 2.58. The standard InChI is InChI=1S/C14H17N5O2/c1-2-21-13(20)12-9-6-10-18(12)14-15-16-17-19(14)11-7-4-3-5-8-11/h3-5,7-8,12H,2,6,9-10H2,1H3. The quantitative estimate of drug-likeness (QED) is 0.787.